The monoisotopic (exact) mass is 459 g/mol. The average Bonchev–Trinajstić information content (AvgIpc) is 3.49. The summed E-state index contributed by atoms with van der Waals surface area (Å²) in [5.41, 5.74) is 2.86. The topological polar surface area (TPSA) is 28.5 Å². The van der Waals surface area contributed by atoms with Gasteiger partial charge in [-0.15, -0.1) is 0 Å². The van der Waals surface area contributed by atoms with Crippen LogP contribution in [0.15, 0.2) is 30.3 Å². The number of benzene rings is 1. The molecule has 178 valence electrons. The van der Waals surface area contributed by atoms with Gasteiger partial charge >= 0.3 is 6.18 Å². The number of hydrogen-bond donors (Lipinski definition) is 0. The lowest BCUT2D eigenvalue weighted by Crippen LogP contribution is -2.58. The Morgan fingerprint density at radius 1 is 1.03 bits per heavy atom. The van der Waals surface area contributed by atoms with Crippen LogP contribution in [0.3, 0.4) is 0 Å². The average molecular weight is 460 g/mol. The van der Waals surface area contributed by atoms with Gasteiger partial charge in [-0.05, 0) is 73.9 Å². The number of rotatable bonds is 3. The summed E-state index contributed by atoms with van der Waals surface area (Å²) in [6, 6.07) is 9.30. The number of amides is 1. The molecule has 2 fully saturated rings. The van der Waals surface area contributed by atoms with Crippen molar-refractivity contribution < 1.29 is 18.0 Å². The van der Waals surface area contributed by atoms with E-state index in [-0.39, 0.29) is 5.91 Å². The predicted octanol–water partition coefficient (Wildman–Crippen LogP) is 5.55. The third-order valence-electron chi connectivity index (χ3n) is 7.87. The molecule has 0 unspecified atom stereocenters. The first-order valence-corrected chi connectivity index (χ1v) is 12.1. The van der Waals surface area contributed by atoms with Crippen molar-refractivity contribution >= 4 is 5.91 Å². The highest BCUT2D eigenvalue weighted by Gasteiger charge is 2.52. The van der Waals surface area contributed by atoms with Crippen LogP contribution in [-0.4, -0.2) is 46.0 Å². The van der Waals surface area contributed by atoms with Gasteiger partial charge in [0.05, 0.1) is 5.54 Å². The molecule has 2 aliphatic heterocycles. The maximum Gasteiger partial charge on any atom is 0.431 e. The van der Waals surface area contributed by atoms with Crippen molar-refractivity contribution in [3.05, 3.63) is 58.4 Å². The molecule has 33 heavy (non-hydrogen) atoms. The summed E-state index contributed by atoms with van der Waals surface area (Å²) in [5.74, 6) is 0.421. The molecular weight excluding hydrogens is 427 g/mol. The highest BCUT2D eigenvalue weighted by molar-refractivity contribution is 5.94. The molecule has 1 aromatic carbocycles. The van der Waals surface area contributed by atoms with Crippen molar-refractivity contribution in [1.29, 1.82) is 0 Å². The molecule has 2 aromatic rings. The van der Waals surface area contributed by atoms with E-state index in [1.807, 2.05) is 30.0 Å². The molecule has 1 saturated carbocycles. The van der Waals surface area contributed by atoms with Crippen LogP contribution in [0.25, 0.3) is 0 Å². The van der Waals surface area contributed by atoms with Crippen molar-refractivity contribution in [2.75, 3.05) is 19.6 Å². The molecule has 1 aromatic heterocycles. The summed E-state index contributed by atoms with van der Waals surface area (Å²) in [5, 5.41) is 0. The Hall–Kier alpha value is -2.28. The molecule has 3 heterocycles. The van der Waals surface area contributed by atoms with Gasteiger partial charge in [0, 0.05) is 43.5 Å². The molecule has 5 rings (SSSR count). The Balaban J connectivity index is 1.40. The number of alkyl halides is 3. The number of carbonyl (C=O) groups excluding carboxylic acids is 1. The number of aromatic nitrogens is 1. The third-order valence-corrected chi connectivity index (χ3v) is 7.87. The molecule has 4 nitrogen and oxygen atoms in total. The van der Waals surface area contributed by atoms with E-state index in [0.717, 1.165) is 24.1 Å². The van der Waals surface area contributed by atoms with E-state index < -0.39 is 17.4 Å². The predicted molar refractivity (Wildman–Crippen MR) is 121 cm³/mol. The second kappa shape index (κ2) is 7.90. The van der Waals surface area contributed by atoms with Crippen molar-refractivity contribution in [2.24, 2.45) is 0 Å². The minimum atomic E-state index is -4.35. The van der Waals surface area contributed by atoms with E-state index in [1.165, 1.54) is 16.2 Å². The van der Waals surface area contributed by atoms with Gasteiger partial charge in [-0.3, -0.25) is 9.69 Å². The number of piperidine rings is 1. The minimum Gasteiger partial charge on any atom is -0.338 e. The maximum absolute atomic E-state index is 13.6. The zero-order valence-corrected chi connectivity index (χ0v) is 19.6. The van der Waals surface area contributed by atoms with Crippen molar-refractivity contribution in [3.8, 4) is 0 Å². The fraction of sp³-hybridized carbons (Fsp3) is 0.577. The van der Waals surface area contributed by atoms with Crippen LogP contribution in [0, 0.1) is 6.92 Å². The summed E-state index contributed by atoms with van der Waals surface area (Å²) in [4.78, 5) is 17.6. The highest BCUT2D eigenvalue weighted by atomic mass is 19.4. The fourth-order valence-corrected chi connectivity index (χ4v) is 6.11. The first-order valence-electron chi connectivity index (χ1n) is 12.1. The summed E-state index contributed by atoms with van der Waals surface area (Å²) < 4.78 is 42.3. The molecule has 7 heteroatoms. The first-order chi connectivity index (χ1) is 15.6. The number of hydrogen-bond acceptors (Lipinski definition) is 2. The largest absolute Gasteiger partial charge is 0.431 e. The molecular formula is C26H32F3N3O. The van der Waals surface area contributed by atoms with Gasteiger partial charge in [-0.25, -0.2) is 0 Å². The molecule has 1 amide bonds. The Labute approximate surface area is 193 Å². The Morgan fingerprint density at radius 2 is 1.73 bits per heavy atom. The van der Waals surface area contributed by atoms with Gasteiger partial charge < -0.3 is 9.47 Å². The molecule has 0 N–H and O–H groups in total. The van der Waals surface area contributed by atoms with Crippen molar-refractivity contribution in [2.45, 2.75) is 76.7 Å². The van der Waals surface area contributed by atoms with Gasteiger partial charge in [0.25, 0.3) is 5.91 Å². The number of halogens is 3. The summed E-state index contributed by atoms with van der Waals surface area (Å²) >= 11 is 0. The van der Waals surface area contributed by atoms with Crippen molar-refractivity contribution in [1.82, 2.24) is 14.4 Å². The van der Waals surface area contributed by atoms with Crippen LogP contribution in [0.5, 0.6) is 0 Å². The van der Waals surface area contributed by atoms with E-state index >= 15 is 0 Å². The number of carbonyl (C=O) groups is 1. The Bertz CT molecular complexity index is 1060. The zero-order valence-electron chi connectivity index (χ0n) is 19.6. The van der Waals surface area contributed by atoms with Crippen LogP contribution in [0.2, 0.25) is 0 Å². The lowest BCUT2D eigenvalue weighted by atomic mass is 9.80. The number of aryl methyl sites for hydroxylation is 1. The van der Waals surface area contributed by atoms with Crippen LogP contribution in [-0.2, 0) is 18.3 Å². The number of fused-ring (bicyclic) bond motifs is 2. The molecule has 0 atom stereocenters. The minimum absolute atomic E-state index is 0.0170. The Morgan fingerprint density at radius 3 is 2.30 bits per heavy atom. The SMILES string of the molecule is Cc1cc(C(=O)N2CCC3(CC2)c2ccc(C(F)(F)F)n2CCN3C2CC2)ccc1C(C)C. The van der Waals surface area contributed by atoms with Crippen LogP contribution >= 0.6 is 0 Å². The summed E-state index contributed by atoms with van der Waals surface area (Å²) in [7, 11) is 0. The lowest BCUT2D eigenvalue weighted by Gasteiger charge is -2.52. The van der Waals surface area contributed by atoms with Gasteiger partial charge in [0.2, 0.25) is 0 Å². The summed E-state index contributed by atoms with van der Waals surface area (Å²) in [6.07, 6.45) is -0.797. The highest BCUT2D eigenvalue weighted by Crippen LogP contribution is 2.48. The summed E-state index contributed by atoms with van der Waals surface area (Å²) in [6.45, 7) is 8.45. The Kier molecular flexibility index (Phi) is 5.39. The van der Waals surface area contributed by atoms with E-state index in [9.17, 15) is 18.0 Å². The normalized spacial score (nSPS) is 21.0. The van der Waals surface area contributed by atoms with Crippen LogP contribution in [0.1, 0.15) is 78.3 Å². The number of nitrogens with zero attached hydrogens (tertiary/aromatic N) is 3. The smallest absolute Gasteiger partial charge is 0.338 e. The lowest BCUT2D eigenvalue weighted by molar-refractivity contribution is -0.145. The standard InChI is InChI=1S/C26H32F3N3O/c1-17(2)21-7-4-19(16-18(21)3)24(33)30-12-10-25(11-13-30)22-8-9-23(26(27,28)29)31(22)14-15-32(25)20-5-6-20/h4,7-9,16-17,20H,5-6,10-15H2,1-3H3. The van der Waals surface area contributed by atoms with E-state index in [1.54, 1.807) is 6.07 Å². The van der Waals surface area contributed by atoms with E-state index in [0.29, 0.717) is 56.5 Å². The van der Waals surface area contributed by atoms with Gasteiger partial charge in [0.1, 0.15) is 5.69 Å². The molecule has 0 radical (unpaired) electrons. The third kappa shape index (κ3) is 3.78. The quantitative estimate of drug-likeness (QED) is 0.602. The number of likely N-dealkylation sites (tertiary alicyclic amines) is 1. The van der Waals surface area contributed by atoms with Crippen molar-refractivity contribution in [3.63, 3.8) is 0 Å². The second-order valence-corrected chi connectivity index (χ2v) is 10.2. The first kappa shape index (κ1) is 22.5. The van der Waals surface area contributed by atoms with Gasteiger partial charge in [-0.1, -0.05) is 19.9 Å². The zero-order chi connectivity index (χ0) is 23.5. The maximum atomic E-state index is 13.6. The van der Waals surface area contributed by atoms with E-state index in [2.05, 4.69) is 18.7 Å². The molecule has 0 bridgehead atoms. The van der Waals surface area contributed by atoms with Gasteiger partial charge in [0.15, 0.2) is 0 Å². The fourth-order valence-electron chi connectivity index (χ4n) is 6.11. The van der Waals surface area contributed by atoms with Crippen LogP contribution < -0.4 is 0 Å². The molecule has 1 spiro atoms. The van der Waals surface area contributed by atoms with Crippen LogP contribution in [0.4, 0.5) is 13.2 Å². The van der Waals surface area contributed by atoms with E-state index in [4.69, 9.17) is 0 Å². The van der Waals surface area contributed by atoms with Gasteiger partial charge in [-0.2, -0.15) is 13.2 Å². The molecule has 3 aliphatic rings. The second-order valence-electron chi connectivity index (χ2n) is 10.2. The molecule has 1 aliphatic carbocycles. The molecule has 1 saturated heterocycles.